The van der Waals surface area contributed by atoms with Crippen molar-refractivity contribution in [3.8, 4) is 0 Å². The van der Waals surface area contributed by atoms with Gasteiger partial charge in [-0.05, 0) is 44.7 Å². The number of rotatable bonds is 7. The van der Waals surface area contributed by atoms with Gasteiger partial charge in [0.25, 0.3) is 0 Å². The van der Waals surface area contributed by atoms with Gasteiger partial charge in [0.05, 0.1) is 11.6 Å². The minimum atomic E-state index is -2.64. The van der Waals surface area contributed by atoms with Crippen LogP contribution in [0.2, 0.25) is 0 Å². The van der Waals surface area contributed by atoms with E-state index in [0.29, 0.717) is 36.3 Å². The Bertz CT molecular complexity index is 1040. The number of carbonyl (C=O) groups is 1. The highest BCUT2D eigenvalue weighted by atomic mass is 19.3. The average Bonchev–Trinajstić information content (AvgIpc) is 3.52. The minimum Gasteiger partial charge on any atom is -0.356 e. The van der Waals surface area contributed by atoms with Crippen molar-refractivity contribution in [3.05, 3.63) is 29.6 Å². The van der Waals surface area contributed by atoms with Crippen LogP contribution < -0.4 is 10.2 Å². The molecule has 1 amide bonds. The zero-order valence-corrected chi connectivity index (χ0v) is 20.6. The summed E-state index contributed by atoms with van der Waals surface area (Å²) in [6.45, 7) is 10.1. The number of carbonyl (C=O) groups excluding carboxylic acids is 1. The summed E-state index contributed by atoms with van der Waals surface area (Å²) in [5.41, 5.74) is 1.50. The molecule has 2 aromatic heterocycles. The number of likely N-dealkylation sites (tertiary alicyclic amines) is 1. The summed E-state index contributed by atoms with van der Waals surface area (Å²) in [5.74, 6) is 0.988. The van der Waals surface area contributed by atoms with Crippen molar-refractivity contribution < 1.29 is 13.6 Å². The summed E-state index contributed by atoms with van der Waals surface area (Å²) in [6, 6.07) is 0. The van der Waals surface area contributed by atoms with E-state index in [2.05, 4.69) is 49.7 Å². The van der Waals surface area contributed by atoms with Gasteiger partial charge in [-0.15, -0.1) is 0 Å². The maximum Gasteiger partial charge on any atom is 0.246 e. The van der Waals surface area contributed by atoms with Gasteiger partial charge >= 0.3 is 0 Å². The first kappa shape index (κ1) is 24.1. The van der Waals surface area contributed by atoms with Gasteiger partial charge in [0.15, 0.2) is 0 Å². The fraction of sp³-hybridized carbons (Fsp3) is 0.680. The number of imidazole rings is 1. The lowest BCUT2D eigenvalue weighted by Crippen LogP contribution is -2.37. The molecule has 0 aliphatic carbocycles. The molecule has 0 bridgehead atoms. The number of hydrogen-bond donors (Lipinski definition) is 1. The third-order valence-electron chi connectivity index (χ3n) is 7.63. The molecule has 3 aliphatic heterocycles. The fourth-order valence-electron chi connectivity index (χ4n) is 5.62. The van der Waals surface area contributed by atoms with Gasteiger partial charge < -0.3 is 19.7 Å². The van der Waals surface area contributed by atoms with Crippen molar-refractivity contribution in [2.45, 2.75) is 76.7 Å². The Hall–Kier alpha value is -2.62. The molecule has 0 saturated carbocycles. The van der Waals surface area contributed by atoms with Crippen LogP contribution in [0.1, 0.15) is 80.8 Å². The highest BCUT2D eigenvalue weighted by Gasteiger charge is 2.37. The molecule has 2 saturated heterocycles. The molecule has 1 N–H and O–H groups in total. The van der Waals surface area contributed by atoms with E-state index in [-0.39, 0.29) is 12.2 Å². The third kappa shape index (κ3) is 5.03. The standard InChI is InChI=1S/C25H35F2N7O/c1-16(2)19-14-34(12-11-32-7-3-4-8-32)24(30-19)17-5-9-33(10-6-17)25-21-18(22(26)27)13-20(35)31-23(21)28-15-29-25/h14-18,22H,3-13H2,1-2H3,(H,28,29,31,35)/t18-/m1/s1. The van der Waals surface area contributed by atoms with Crippen LogP contribution >= 0.6 is 0 Å². The highest BCUT2D eigenvalue weighted by molar-refractivity contribution is 5.94. The molecule has 8 nitrogen and oxygen atoms in total. The number of fused-ring (bicyclic) bond motifs is 1. The molecular formula is C25H35F2N7O. The van der Waals surface area contributed by atoms with Crippen LogP contribution in [0.4, 0.5) is 20.4 Å². The molecule has 35 heavy (non-hydrogen) atoms. The summed E-state index contributed by atoms with van der Waals surface area (Å²) >= 11 is 0. The molecule has 3 aliphatic rings. The lowest BCUT2D eigenvalue weighted by atomic mass is 9.91. The Balaban J connectivity index is 1.32. The molecular weight excluding hydrogens is 452 g/mol. The Kier molecular flexibility index (Phi) is 7.00. The minimum absolute atomic E-state index is 0.220. The molecule has 0 unspecified atom stereocenters. The Labute approximate surface area is 205 Å². The molecule has 190 valence electrons. The number of piperidine rings is 1. The summed E-state index contributed by atoms with van der Waals surface area (Å²) in [6.07, 6.45) is 5.03. The molecule has 1 atom stereocenters. The smallest absolute Gasteiger partial charge is 0.246 e. The van der Waals surface area contributed by atoms with Gasteiger partial charge in [-0.1, -0.05) is 13.8 Å². The molecule has 0 spiro atoms. The number of hydrogen-bond acceptors (Lipinski definition) is 6. The number of amides is 1. The number of anilines is 2. The van der Waals surface area contributed by atoms with Crippen molar-refractivity contribution in [3.63, 3.8) is 0 Å². The number of nitrogens with one attached hydrogen (secondary N) is 1. The van der Waals surface area contributed by atoms with Gasteiger partial charge in [0.1, 0.15) is 23.8 Å². The molecule has 10 heteroatoms. The molecule has 2 fully saturated rings. The summed E-state index contributed by atoms with van der Waals surface area (Å²) in [5, 5.41) is 2.65. The van der Waals surface area contributed by atoms with Crippen molar-refractivity contribution in [1.82, 2.24) is 24.4 Å². The van der Waals surface area contributed by atoms with E-state index in [0.717, 1.165) is 37.4 Å². The van der Waals surface area contributed by atoms with Crippen molar-refractivity contribution in [2.75, 3.05) is 42.9 Å². The quantitative estimate of drug-likeness (QED) is 0.637. The zero-order chi connectivity index (χ0) is 24.5. The maximum absolute atomic E-state index is 13.8. The van der Waals surface area contributed by atoms with E-state index in [1.54, 1.807) is 0 Å². The summed E-state index contributed by atoms with van der Waals surface area (Å²) in [4.78, 5) is 30.0. The first-order valence-electron chi connectivity index (χ1n) is 12.9. The number of alkyl halides is 2. The van der Waals surface area contributed by atoms with Crippen LogP contribution in [0.3, 0.4) is 0 Å². The van der Waals surface area contributed by atoms with Crippen molar-refractivity contribution in [1.29, 1.82) is 0 Å². The van der Waals surface area contributed by atoms with E-state index in [9.17, 15) is 13.6 Å². The van der Waals surface area contributed by atoms with E-state index in [1.165, 1.54) is 32.3 Å². The van der Waals surface area contributed by atoms with Crippen LogP contribution in [-0.2, 0) is 11.3 Å². The predicted molar refractivity (Wildman–Crippen MR) is 130 cm³/mol. The highest BCUT2D eigenvalue weighted by Crippen LogP contribution is 2.41. The van der Waals surface area contributed by atoms with E-state index in [4.69, 9.17) is 4.98 Å². The molecule has 5 rings (SSSR count). The number of nitrogens with zero attached hydrogens (tertiary/aromatic N) is 6. The van der Waals surface area contributed by atoms with Crippen LogP contribution in [0.25, 0.3) is 0 Å². The molecule has 0 aromatic carbocycles. The lowest BCUT2D eigenvalue weighted by molar-refractivity contribution is -0.117. The van der Waals surface area contributed by atoms with Crippen LogP contribution in [-0.4, -0.2) is 69.5 Å². The fourth-order valence-corrected chi connectivity index (χ4v) is 5.62. The Morgan fingerprint density at radius 3 is 2.51 bits per heavy atom. The summed E-state index contributed by atoms with van der Waals surface area (Å²) in [7, 11) is 0. The first-order chi connectivity index (χ1) is 16.9. The van der Waals surface area contributed by atoms with Crippen LogP contribution in [0.5, 0.6) is 0 Å². The maximum atomic E-state index is 13.8. The monoisotopic (exact) mass is 487 g/mol. The van der Waals surface area contributed by atoms with Gasteiger partial charge in [-0.25, -0.2) is 23.7 Å². The predicted octanol–water partition coefficient (Wildman–Crippen LogP) is 3.97. The topological polar surface area (TPSA) is 79.2 Å². The van der Waals surface area contributed by atoms with Crippen LogP contribution in [0, 0.1) is 0 Å². The second-order valence-electron chi connectivity index (χ2n) is 10.3. The van der Waals surface area contributed by atoms with E-state index >= 15 is 0 Å². The van der Waals surface area contributed by atoms with E-state index < -0.39 is 18.3 Å². The third-order valence-corrected chi connectivity index (χ3v) is 7.63. The zero-order valence-electron chi connectivity index (χ0n) is 20.6. The Morgan fingerprint density at radius 1 is 1.09 bits per heavy atom. The van der Waals surface area contributed by atoms with Crippen molar-refractivity contribution in [2.24, 2.45) is 0 Å². The molecule has 5 heterocycles. The van der Waals surface area contributed by atoms with Crippen LogP contribution in [0.15, 0.2) is 12.5 Å². The normalized spacial score (nSPS) is 21.7. The average molecular weight is 488 g/mol. The van der Waals surface area contributed by atoms with Gasteiger partial charge in [-0.3, -0.25) is 4.79 Å². The van der Waals surface area contributed by atoms with E-state index in [1.807, 2.05) is 0 Å². The summed E-state index contributed by atoms with van der Waals surface area (Å²) < 4.78 is 30.0. The Morgan fingerprint density at radius 2 is 1.83 bits per heavy atom. The second-order valence-corrected chi connectivity index (χ2v) is 10.3. The number of halogens is 2. The largest absolute Gasteiger partial charge is 0.356 e. The molecule has 2 aromatic rings. The van der Waals surface area contributed by atoms with Crippen molar-refractivity contribution >= 4 is 17.5 Å². The van der Waals surface area contributed by atoms with Gasteiger partial charge in [0.2, 0.25) is 12.3 Å². The first-order valence-corrected chi connectivity index (χ1v) is 12.9. The second kappa shape index (κ2) is 10.2. The number of aromatic nitrogens is 4. The SMILES string of the molecule is CC(C)c1cn(CCN2CCCC2)c(C2CCN(c3ncnc4c3[C@H](C(F)F)CC(=O)N4)CC2)n1. The lowest BCUT2D eigenvalue weighted by Gasteiger charge is -2.36. The van der Waals surface area contributed by atoms with Gasteiger partial charge in [0, 0.05) is 50.3 Å². The van der Waals surface area contributed by atoms with Gasteiger partial charge in [-0.2, -0.15) is 0 Å². The molecule has 0 radical (unpaired) electrons.